The van der Waals surface area contributed by atoms with E-state index < -0.39 is 0 Å². The lowest BCUT2D eigenvalue weighted by molar-refractivity contribution is 0.0948. The number of aromatic amines is 1. The van der Waals surface area contributed by atoms with Crippen molar-refractivity contribution < 1.29 is 4.79 Å². The fourth-order valence-electron chi connectivity index (χ4n) is 3.22. The molecule has 5 nitrogen and oxygen atoms in total. The van der Waals surface area contributed by atoms with Gasteiger partial charge in [0.25, 0.3) is 5.91 Å². The van der Waals surface area contributed by atoms with E-state index in [0.717, 1.165) is 24.9 Å². The molecule has 1 aromatic heterocycles. The maximum atomic E-state index is 12.5. The van der Waals surface area contributed by atoms with Crippen LogP contribution in [0.4, 0.5) is 0 Å². The Morgan fingerprint density at radius 3 is 2.91 bits per heavy atom. The first-order valence-corrected chi connectivity index (χ1v) is 8.19. The molecule has 1 saturated heterocycles. The number of likely N-dealkylation sites (tertiary alicyclic amines) is 1. The third-order valence-electron chi connectivity index (χ3n) is 4.59. The first-order chi connectivity index (χ1) is 11.0. The predicted octanol–water partition coefficient (Wildman–Crippen LogP) is 1.99. The number of hydrogen-bond donors (Lipinski definition) is 2. The number of fused-ring (bicyclic) bond motifs is 1. The topological polar surface area (TPSA) is 65.2 Å². The average molecular weight is 313 g/mol. The van der Waals surface area contributed by atoms with Gasteiger partial charge in [0.1, 0.15) is 0 Å². The van der Waals surface area contributed by atoms with Crippen molar-refractivity contribution in [3.8, 4) is 0 Å². The number of nitrogens with one attached hydrogen (secondary N) is 2. The Morgan fingerprint density at radius 2 is 2.17 bits per heavy atom. The fraction of sp³-hybridized carbons (Fsp3) is 0.444. The summed E-state index contributed by atoms with van der Waals surface area (Å²) in [6.45, 7) is 7.16. The van der Waals surface area contributed by atoms with Gasteiger partial charge in [-0.1, -0.05) is 18.2 Å². The van der Waals surface area contributed by atoms with Crippen molar-refractivity contribution in [2.75, 3.05) is 19.6 Å². The molecule has 0 saturated carbocycles. The molecule has 1 aliphatic heterocycles. The lowest BCUT2D eigenvalue weighted by Crippen LogP contribution is -2.33. The second-order valence-corrected chi connectivity index (χ2v) is 6.55. The Labute approximate surface area is 135 Å². The van der Waals surface area contributed by atoms with E-state index in [9.17, 15) is 9.59 Å². The first kappa shape index (κ1) is 15.7. The maximum absolute atomic E-state index is 12.5. The molecule has 2 N–H and O–H groups in total. The molecule has 0 unspecified atom stereocenters. The number of para-hydroxylation sites is 1. The van der Waals surface area contributed by atoms with Gasteiger partial charge in [-0.05, 0) is 38.8 Å². The number of hydrogen-bond acceptors (Lipinski definition) is 3. The van der Waals surface area contributed by atoms with Gasteiger partial charge in [-0.25, -0.2) is 0 Å². The molecule has 5 heteroatoms. The normalized spacial score (nSPS) is 18.7. The van der Waals surface area contributed by atoms with Gasteiger partial charge < -0.3 is 15.2 Å². The minimum Gasteiger partial charge on any atom is -0.352 e. The Balaban J connectivity index is 1.71. The lowest BCUT2D eigenvalue weighted by Gasteiger charge is -2.20. The molecule has 1 fully saturated rings. The molecule has 0 aliphatic carbocycles. The number of H-pyrrole nitrogens is 1. The van der Waals surface area contributed by atoms with Gasteiger partial charge in [-0.3, -0.25) is 9.59 Å². The molecule has 0 bridgehead atoms. The molecular formula is C18H23N3O2. The quantitative estimate of drug-likeness (QED) is 0.907. The number of carbonyl (C=O) groups excluding carboxylic acids is 1. The summed E-state index contributed by atoms with van der Waals surface area (Å²) in [5.74, 6) is 0.310. The minimum absolute atomic E-state index is 0.171. The van der Waals surface area contributed by atoms with Crippen molar-refractivity contribution in [2.24, 2.45) is 5.92 Å². The van der Waals surface area contributed by atoms with E-state index in [4.69, 9.17) is 0 Å². The number of carbonyl (C=O) groups is 1. The summed E-state index contributed by atoms with van der Waals surface area (Å²) in [6, 6.07) is 9.31. The number of pyridine rings is 1. The monoisotopic (exact) mass is 313 g/mol. The Bertz CT molecular complexity index is 766. The highest BCUT2D eigenvalue weighted by Gasteiger charge is 2.24. The van der Waals surface area contributed by atoms with Crippen LogP contribution >= 0.6 is 0 Å². The third kappa shape index (κ3) is 3.45. The second kappa shape index (κ2) is 6.54. The van der Waals surface area contributed by atoms with Crippen LogP contribution in [0.2, 0.25) is 0 Å². The zero-order valence-corrected chi connectivity index (χ0v) is 13.6. The molecule has 1 amide bonds. The number of benzene rings is 1. The van der Waals surface area contributed by atoms with E-state index in [1.165, 1.54) is 6.07 Å². The van der Waals surface area contributed by atoms with Gasteiger partial charge in [0.2, 0.25) is 5.56 Å². The summed E-state index contributed by atoms with van der Waals surface area (Å²) < 4.78 is 0. The smallest absolute Gasteiger partial charge is 0.252 e. The van der Waals surface area contributed by atoms with Gasteiger partial charge >= 0.3 is 0 Å². The number of amides is 1. The fourth-order valence-corrected chi connectivity index (χ4v) is 3.22. The summed E-state index contributed by atoms with van der Waals surface area (Å²) in [7, 11) is 0. The van der Waals surface area contributed by atoms with Crippen LogP contribution in [0.1, 0.15) is 30.6 Å². The van der Waals surface area contributed by atoms with Crippen LogP contribution < -0.4 is 10.9 Å². The molecule has 1 aliphatic rings. The molecular weight excluding hydrogens is 290 g/mol. The van der Waals surface area contributed by atoms with Crippen molar-refractivity contribution in [3.63, 3.8) is 0 Å². The molecule has 0 spiro atoms. The van der Waals surface area contributed by atoms with E-state index in [1.807, 2.05) is 24.3 Å². The molecule has 122 valence electrons. The molecule has 2 heterocycles. The highest BCUT2D eigenvalue weighted by atomic mass is 16.2. The summed E-state index contributed by atoms with van der Waals surface area (Å²) in [4.78, 5) is 29.4. The predicted molar refractivity (Wildman–Crippen MR) is 91.7 cm³/mol. The third-order valence-corrected chi connectivity index (χ3v) is 4.59. The van der Waals surface area contributed by atoms with Crippen LogP contribution in [0.15, 0.2) is 35.1 Å². The van der Waals surface area contributed by atoms with Crippen LogP contribution in [0.25, 0.3) is 10.9 Å². The highest BCUT2D eigenvalue weighted by Crippen LogP contribution is 2.18. The summed E-state index contributed by atoms with van der Waals surface area (Å²) in [5, 5.41) is 3.78. The molecule has 2 aromatic rings. The van der Waals surface area contributed by atoms with E-state index in [2.05, 4.69) is 29.0 Å². The average Bonchev–Trinajstić information content (AvgIpc) is 3.01. The SMILES string of the molecule is CC(C)N1CC[C@H](CNC(=O)c2cc(=O)[nH]c3ccccc23)C1. The van der Waals surface area contributed by atoms with E-state index in [1.54, 1.807) is 0 Å². The summed E-state index contributed by atoms with van der Waals surface area (Å²) in [6.07, 6.45) is 1.11. The van der Waals surface area contributed by atoms with Gasteiger partial charge in [0.15, 0.2) is 0 Å². The van der Waals surface area contributed by atoms with E-state index >= 15 is 0 Å². The van der Waals surface area contributed by atoms with Crippen LogP contribution in [0.5, 0.6) is 0 Å². The highest BCUT2D eigenvalue weighted by molar-refractivity contribution is 6.05. The van der Waals surface area contributed by atoms with Gasteiger partial charge in [-0.15, -0.1) is 0 Å². The molecule has 3 rings (SSSR count). The van der Waals surface area contributed by atoms with Gasteiger partial charge in [-0.2, -0.15) is 0 Å². The largest absolute Gasteiger partial charge is 0.352 e. The molecule has 0 radical (unpaired) electrons. The molecule has 1 aromatic carbocycles. The maximum Gasteiger partial charge on any atom is 0.252 e. The van der Waals surface area contributed by atoms with Crippen LogP contribution in [-0.4, -0.2) is 41.5 Å². The Morgan fingerprint density at radius 1 is 1.39 bits per heavy atom. The van der Waals surface area contributed by atoms with Crippen molar-refractivity contribution >= 4 is 16.8 Å². The van der Waals surface area contributed by atoms with Gasteiger partial charge in [0.05, 0.1) is 5.56 Å². The first-order valence-electron chi connectivity index (χ1n) is 8.19. The lowest BCUT2D eigenvalue weighted by atomic mass is 10.1. The van der Waals surface area contributed by atoms with Crippen molar-refractivity contribution in [1.82, 2.24) is 15.2 Å². The van der Waals surface area contributed by atoms with Crippen molar-refractivity contribution in [1.29, 1.82) is 0 Å². The number of aromatic nitrogens is 1. The molecule has 1 atom stereocenters. The summed E-state index contributed by atoms with van der Waals surface area (Å²) in [5.41, 5.74) is 0.890. The second-order valence-electron chi connectivity index (χ2n) is 6.55. The molecule has 23 heavy (non-hydrogen) atoms. The van der Waals surface area contributed by atoms with E-state index in [0.29, 0.717) is 29.6 Å². The van der Waals surface area contributed by atoms with Crippen LogP contribution in [0, 0.1) is 5.92 Å². The zero-order chi connectivity index (χ0) is 16.4. The van der Waals surface area contributed by atoms with Crippen LogP contribution in [0.3, 0.4) is 0 Å². The number of nitrogens with zero attached hydrogens (tertiary/aromatic N) is 1. The zero-order valence-electron chi connectivity index (χ0n) is 13.6. The minimum atomic E-state index is -0.249. The standard InChI is InChI=1S/C18H23N3O2/c1-12(2)21-8-7-13(11-21)10-19-18(23)15-9-17(22)20-16-6-4-3-5-14(15)16/h3-6,9,12-13H,7-8,10-11H2,1-2H3,(H,19,23)(H,20,22)/t13-/m1/s1. The Hall–Kier alpha value is -2.14. The van der Waals surface area contributed by atoms with Crippen molar-refractivity contribution in [2.45, 2.75) is 26.3 Å². The summed E-state index contributed by atoms with van der Waals surface area (Å²) >= 11 is 0. The van der Waals surface area contributed by atoms with Gasteiger partial charge in [0, 0.05) is 36.1 Å². The Kier molecular flexibility index (Phi) is 4.48. The van der Waals surface area contributed by atoms with Crippen molar-refractivity contribution in [3.05, 3.63) is 46.2 Å². The van der Waals surface area contributed by atoms with Crippen LogP contribution in [-0.2, 0) is 0 Å². The number of rotatable bonds is 4. The van der Waals surface area contributed by atoms with E-state index in [-0.39, 0.29) is 11.5 Å².